The van der Waals surface area contributed by atoms with Crippen molar-refractivity contribution in [1.29, 1.82) is 0 Å². The maximum atomic E-state index is 2.43. The summed E-state index contributed by atoms with van der Waals surface area (Å²) in [6, 6.07) is 28.3. The van der Waals surface area contributed by atoms with Crippen LogP contribution in [-0.2, 0) is 0 Å². The number of rotatable bonds is 5. The molecule has 0 heterocycles. The SMILES string of the molecule is CCN(CC)c1ccc(C=Cc2ccccc2)c2cc3ccccc3cc12. The highest BCUT2D eigenvalue weighted by atomic mass is 15.1. The lowest BCUT2D eigenvalue weighted by Crippen LogP contribution is -2.22. The number of hydrogen-bond acceptors (Lipinski definition) is 1. The summed E-state index contributed by atoms with van der Waals surface area (Å²) in [7, 11) is 0. The first-order valence-corrected chi connectivity index (χ1v) is 9.73. The van der Waals surface area contributed by atoms with E-state index in [1.54, 1.807) is 0 Å². The zero-order valence-corrected chi connectivity index (χ0v) is 16.0. The highest BCUT2D eigenvalue weighted by Crippen LogP contribution is 2.34. The Morgan fingerprint density at radius 3 is 1.96 bits per heavy atom. The van der Waals surface area contributed by atoms with Crippen LogP contribution in [0, 0.1) is 0 Å². The van der Waals surface area contributed by atoms with E-state index in [4.69, 9.17) is 0 Å². The lowest BCUT2D eigenvalue weighted by Gasteiger charge is -2.24. The quantitative estimate of drug-likeness (QED) is 0.276. The second-order valence-corrected chi connectivity index (χ2v) is 6.84. The normalized spacial score (nSPS) is 11.5. The number of nitrogens with zero attached hydrogens (tertiary/aromatic N) is 1. The Bertz CT molecular complexity index is 1090. The molecule has 0 saturated carbocycles. The maximum Gasteiger partial charge on any atom is 0.0446 e. The molecule has 4 rings (SSSR count). The van der Waals surface area contributed by atoms with Crippen LogP contribution in [0.15, 0.2) is 78.9 Å². The number of anilines is 1. The predicted octanol–water partition coefficient (Wildman–Crippen LogP) is 7.01. The van der Waals surface area contributed by atoms with Crippen LogP contribution in [0.1, 0.15) is 25.0 Å². The molecule has 27 heavy (non-hydrogen) atoms. The molecule has 0 aromatic heterocycles. The van der Waals surface area contributed by atoms with Gasteiger partial charge in [-0.2, -0.15) is 0 Å². The molecule has 0 aliphatic heterocycles. The van der Waals surface area contributed by atoms with Crippen LogP contribution in [0.25, 0.3) is 33.7 Å². The third-order valence-electron chi connectivity index (χ3n) is 5.25. The molecule has 4 aromatic rings. The Hall–Kier alpha value is -3.06. The smallest absolute Gasteiger partial charge is 0.0446 e. The Balaban J connectivity index is 1.93. The molecule has 1 nitrogen and oxygen atoms in total. The molecule has 0 unspecified atom stereocenters. The van der Waals surface area contributed by atoms with Crippen molar-refractivity contribution in [2.75, 3.05) is 18.0 Å². The topological polar surface area (TPSA) is 3.24 Å². The van der Waals surface area contributed by atoms with E-state index in [2.05, 4.69) is 110 Å². The minimum atomic E-state index is 1.01. The number of benzene rings is 4. The number of fused-ring (bicyclic) bond motifs is 2. The summed E-state index contributed by atoms with van der Waals surface area (Å²) in [6.07, 6.45) is 4.43. The first-order chi connectivity index (χ1) is 13.3. The van der Waals surface area contributed by atoms with Gasteiger partial charge in [-0.1, -0.05) is 72.8 Å². The summed E-state index contributed by atoms with van der Waals surface area (Å²) in [6.45, 7) is 6.47. The van der Waals surface area contributed by atoms with E-state index in [1.807, 2.05) is 0 Å². The van der Waals surface area contributed by atoms with Crippen molar-refractivity contribution in [1.82, 2.24) is 0 Å². The standard InChI is InChI=1S/C26H25N/c1-3-27(4-2)26-17-16-21(15-14-20-10-6-5-7-11-20)24-18-22-12-8-9-13-23(22)19-25(24)26/h5-19H,3-4H2,1-2H3. The summed E-state index contributed by atoms with van der Waals surface area (Å²) in [5, 5.41) is 5.22. The third-order valence-corrected chi connectivity index (χ3v) is 5.25. The van der Waals surface area contributed by atoms with Gasteiger partial charge in [0.25, 0.3) is 0 Å². The lowest BCUT2D eigenvalue weighted by molar-refractivity contribution is 0.870. The van der Waals surface area contributed by atoms with Crippen molar-refractivity contribution >= 4 is 39.4 Å². The molecule has 0 N–H and O–H groups in total. The van der Waals surface area contributed by atoms with E-state index in [-0.39, 0.29) is 0 Å². The zero-order chi connectivity index (χ0) is 18.6. The van der Waals surface area contributed by atoms with Gasteiger partial charge in [0.2, 0.25) is 0 Å². The maximum absolute atomic E-state index is 2.43. The van der Waals surface area contributed by atoms with E-state index in [1.165, 1.54) is 38.4 Å². The van der Waals surface area contributed by atoms with E-state index >= 15 is 0 Å². The van der Waals surface area contributed by atoms with Crippen LogP contribution in [-0.4, -0.2) is 13.1 Å². The minimum absolute atomic E-state index is 1.01. The molecule has 4 aromatic carbocycles. The Morgan fingerprint density at radius 1 is 0.667 bits per heavy atom. The Morgan fingerprint density at radius 2 is 1.30 bits per heavy atom. The molecule has 0 radical (unpaired) electrons. The summed E-state index contributed by atoms with van der Waals surface area (Å²) < 4.78 is 0. The molecular formula is C26H25N. The van der Waals surface area contributed by atoms with Crippen LogP contribution < -0.4 is 4.90 Å². The van der Waals surface area contributed by atoms with Gasteiger partial charge >= 0.3 is 0 Å². The molecule has 0 fully saturated rings. The van der Waals surface area contributed by atoms with Crippen molar-refractivity contribution in [3.05, 3.63) is 90.0 Å². The van der Waals surface area contributed by atoms with Gasteiger partial charge in [-0.15, -0.1) is 0 Å². The fraction of sp³-hybridized carbons (Fsp3) is 0.154. The second-order valence-electron chi connectivity index (χ2n) is 6.84. The molecule has 0 amide bonds. The Labute approximate surface area is 161 Å². The summed E-state index contributed by atoms with van der Waals surface area (Å²) >= 11 is 0. The van der Waals surface area contributed by atoms with Gasteiger partial charge in [0, 0.05) is 24.2 Å². The van der Waals surface area contributed by atoms with Crippen LogP contribution in [0.4, 0.5) is 5.69 Å². The first kappa shape index (κ1) is 17.4. The van der Waals surface area contributed by atoms with Crippen LogP contribution in [0.2, 0.25) is 0 Å². The predicted molar refractivity (Wildman–Crippen MR) is 120 cm³/mol. The average Bonchev–Trinajstić information content (AvgIpc) is 2.73. The van der Waals surface area contributed by atoms with Gasteiger partial charge in [0.15, 0.2) is 0 Å². The van der Waals surface area contributed by atoms with E-state index in [0.717, 1.165) is 13.1 Å². The molecule has 0 bridgehead atoms. The highest BCUT2D eigenvalue weighted by molar-refractivity contribution is 6.07. The lowest BCUT2D eigenvalue weighted by atomic mass is 9.97. The van der Waals surface area contributed by atoms with Gasteiger partial charge < -0.3 is 4.90 Å². The molecule has 0 saturated heterocycles. The van der Waals surface area contributed by atoms with Crippen LogP contribution >= 0.6 is 0 Å². The van der Waals surface area contributed by atoms with Crippen molar-refractivity contribution in [3.63, 3.8) is 0 Å². The molecule has 1 heteroatoms. The minimum Gasteiger partial charge on any atom is -0.372 e. The Kier molecular flexibility index (Phi) is 4.93. The highest BCUT2D eigenvalue weighted by Gasteiger charge is 2.10. The van der Waals surface area contributed by atoms with Crippen molar-refractivity contribution in [2.24, 2.45) is 0 Å². The summed E-state index contributed by atoms with van der Waals surface area (Å²) in [5.41, 5.74) is 3.80. The monoisotopic (exact) mass is 351 g/mol. The van der Waals surface area contributed by atoms with Gasteiger partial charge in [-0.3, -0.25) is 0 Å². The van der Waals surface area contributed by atoms with Gasteiger partial charge in [0.1, 0.15) is 0 Å². The van der Waals surface area contributed by atoms with Gasteiger partial charge in [0.05, 0.1) is 0 Å². The van der Waals surface area contributed by atoms with E-state index < -0.39 is 0 Å². The van der Waals surface area contributed by atoms with Crippen LogP contribution in [0.5, 0.6) is 0 Å². The summed E-state index contributed by atoms with van der Waals surface area (Å²) in [4.78, 5) is 2.43. The first-order valence-electron chi connectivity index (χ1n) is 9.73. The van der Waals surface area contributed by atoms with E-state index in [0.29, 0.717) is 0 Å². The molecule has 134 valence electrons. The van der Waals surface area contributed by atoms with Crippen molar-refractivity contribution in [2.45, 2.75) is 13.8 Å². The molecule has 0 spiro atoms. The summed E-state index contributed by atoms with van der Waals surface area (Å²) in [5.74, 6) is 0. The van der Waals surface area contributed by atoms with Crippen molar-refractivity contribution in [3.8, 4) is 0 Å². The van der Waals surface area contributed by atoms with Crippen LogP contribution in [0.3, 0.4) is 0 Å². The fourth-order valence-corrected chi connectivity index (χ4v) is 3.77. The van der Waals surface area contributed by atoms with E-state index in [9.17, 15) is 0 Å². The zero-order valence-electron chi connectivity index (χ0n) is 16.0. The molecular weight excluding hydrogens is 326 g/mol. The molecule has 0 aliphatic carbocycles. The second kappa shape index (κ2) is 7.67. The average molecular weight is 351 g/mol. The molecule has 0 atom stereocenters. The van der Waals surface area contributed by atoms with Gasteiger partial charge in [-0.05, 0) is 59.3 Å². The van der Waals surface area contributed by atoms with Crippen molar-refractivity contribution < 1.29 is 0 Å². The molecule has 0 aliphatic rings. The van der Waals surface area contributed by atoms with Gasteiger partial charge in [-0.25, -0.2) is 0 Å². The largest absolute Gasteiger partial charge is 0.372 e. The third kappa shape index (κ3) is 3.46. The number of hydrogen-bond donors (Lipinski definition) is 0. The fourth-order valence-electron chi connectivity index (χ4n) is 3.77.